The van der Waals surface area contributed by atoms with Gasteiger partial charge in [-0.3, -0.25) is 9.78 Å². The monoisotopic (exact) mass is 609 g/mol. The summed E-state index contributed by atoms with van der Waals surface area (Å²) in [5.74, 6) is -0.936. The molecule has 2 fully saturated rings. The molecule has 2 aliphatic rings. The van der Waals surface area contributed by atoms with Crippen LogP contribution in [0.25, 0.3) is 0 Å². The number of alkyl halides is 3. The first kappa shape index (κ1) is 31.5. The number of carbonyl (C=O) groups is 2. The smallest absolute Gasteiger partial charge is 0.421 e. The van der Waals surface area contributed by atoms with Gasteiger partial charge in [0.1, 0.15) is 11.3 Å². The second kappa shape index (κ2) is 13.8. The van der Waals surface area contributed by atoms with Crippen molar-refractivity contribution >= 4 is 17.6 Å². The lowest BCUT2D eigenvalue weighted by molar-refractivity contribution is -0.139. The molecule has 0 aliphatic heterocycles. The fraction of sp³-hybridized carbons (Fsp3) is 0.471. The predicted molar refractivity (Wildman–Crippen MR) is 160 cm³/mol. The molecule has 10 heteroatoms. The molecule has 0 atom stereocenters. The number of carbonyl (C=O) groups excluding carboxylic acids is 2. The Bertz CT molecular complexity index is 1450. The third-order valence-electron chi connectivity index (χ3n) is 8.71. The van der Waals surface area contributed by atoms with Crippen LogP contribution in [-0.4, -0.2) is 35.0 Å². The highest BCUT2D eigenvalue weighted by Crippen LogP contribution is 2.40. The molecule has 0 radical (unpaired) electrons. The van der Waals surface area contributed by atoms with E-state index in [-0.39, 0.29) is 35.6 Å². The van der Waals surface area contributed by atoms with Gasteiger partial charge in [0, 0.05) is 36.5 Å². The highest BCUT2D eigenvalue weighted by molar-refractivity contribution is 6.04. The van der Waals surface area contributed by atoms with E-state index in [4.69, 9.17) is 9.47 Å². The molecule has 5 rings (SSSR count). The van der Waals surface area contributed by atoms with E-state index < -0.39 is 23.6 Å². The summed E-state index contributed by atoms with van der Waals surface area (Å²) in [7, 11) is 1.23. The number of hydrogen-bond acceptors (Lipinski definition) is 6. The van der Waals surface area contributed by atoms with Gasteiger partial charge in [-0.25, -0.2) is 9.78 Å². The van der Waals surface area contributed by atoms with Crippen LogP contribution in [0.2, 0.25) is 0 Å². The Morgan fingerprint density at radius 3 is 2.36 bits per heavy atom. The first-order valence-corrected chi connectivity index (χ1v) is 15.3. The van der Waals surface area contributed by atoms with Gasteiger partial charge in [-0.05, 0) is 86.4 Å². The molecule has 2 heterocycles. The van der Waals surface area contributed by atoms with Crippen LogP contribution < -0.4 is 9.64 Å². The molecular weight excluding hydrogens is 571 g/mol. The lowest BCUT2D eigenvalue weighted by atomic mass is 9.81. The molecule has 2 saturated carbocycles. The van der Waals surface area contributed by atoms with Gasteiger partial charge in [0.25, 0.3) is 0 Å². The second-order valence-corrected chi connectivity index (χ2v) is 11.9. The summed E-state index contributed by atoms with van der Waals surface area (Å²) in [6, 6.07) is 10.6. The van der Waals surface area contributed by atoms with Crippen molar-refractivity contribution < 1.29 is 32.2 Å². The van der Waals surface area contributed by atoms with E-state index in [1.807, 2.05) is 0 Å². The molecule has 2 aromatic heterocycles. The second-order valence-electron chi connectivity index (χ2n) is 11.9. The zero-order chi connectivity index (χ0) is 31.3. The fourth-order valence-electron chi connectivity index (χ4n) is 6.30. The summed E-state index contributed by atoms with van der Waals surface area (Å²) < 4.78 is 53.2. The van der Waals surface area contributed by atoms with Crippen molar-refractivity contribution in [2.45, 2.75) is 83.4 Å². The van der Waals surface area contributed by atoms with Crippen LogP contribution in [0.3, 0.4) is 0 Å². The molecule has 7 nitrogen and oxygen atoms in total. The van der Waals surface area contributed by atoms with Gasteiger partial charge in [0.05, 0.1) is 18.4 Å². The van der Waals surface area contributed by atoms with Crippen LogP contribution in [0.5, 0.6) is 11.6 Å². The first-order valence-electron chi connectivity index (χ1n) is 15.3. The molecule has 0 unspecified atom stereocenters. The maximum Gasteiger partial charge on any atom is 0.421 e. The molecule has 0 N–H and O–H groups in total. The molecule has 234 valence electrons. The van der Waals surface area contributed by atoms with Gasteiger partial charge in [0.15, 0.2) is 0 Å². The number of rotatable bonds is 8. The Morgan fingerprint density at radius 1 is 0.955 bits per heavy atom. The summed E-state index contributed by atoms with van der Waals surface area (Å²) in [4.78, 5) is 37.1. The maximum absolute atomic E-state index is 14.1. The summed E-state index contributed by atoms with van der Waals surface area (Å²) in [6.07, 6.45) is 6.54. The zero-order valence-electron chi connectivity index (χ0n) is 25.1. The number of esters is 1. The van der Waals surface area contributed by atoms with E-state index in [1.54, 1.807) is 35.4 Å². The van der Waals surface area contributed by atoms with Crippen molar-refractivity contribution in [1.82, 2.24) is 9.97 Å². The van der Waals surface area contributed by atoms with Gasteiger partial charge < -0.3 is 14.4 Å². The lowest BCUT2D eigenvalue weighted by Gasteiger charge is -2.38. The van der Waals surface area contributed by atoms with E-state index in [0.717, 1.165) is 63.9 Å². The summed E-state index contributed by atoms with van der Waals surface area (Å²) in [5.41, 5.74) is 0.352. The molecule has 0 bridgehead atoms. The molecular formula is C34H38F3N3O4. The Kier molecular flexibility index (Phi) is 9.86. The van der Waals surface area contributed by atoms with Gasteiger partial charge in [-0.2, -0.15) is 13.2 Å². The van der Waals surface area contributed by atoms with Crippen molar-refractivity contribution in [3.8, 4) is 11.6 Å². The van der Waals surface area contributed by atoms with E-state index in [9.17, 15) is 22.8 Å². The van der Waals surface area contributed by atoms with E-state index in [2.05, 4.69) is 16.9 Å². The summed E-state index contributed by atoms with van der Waals surface area (Å²) in [5, 5.41) is 0. The Hall–Kier alpha value is -3.95. The van der Waals surface area contributed by atoms with Gasteiger partial charge in [0.2, 0.25) is 11.8 Å². The molecule has 1 aromatic carbocycles. The molecule has 3 aromatic rings. The average Bonchev–Trinajstić information content (AvgIpc) is 3.03. The number of pyridine rings is 2. The minimum atomic E-state index is -4.74. The van der Waals surface area contributed by atoms with Gasteiger partial charge in [-0.1, -0.05) is 32.3 Å². The topological polar surface area (TPSA) is 81.6 Å². The number of hydrogen-bond donors (Lipinski definition) is 0. The Labute approximate surface area is 255 Å². The number of methoxy groups -OCH3 is 1. The third-order valence-corrected chi connectivity index (χ3v) is 8.71. The van der Waals surface area contributed by atoms with Crippen LogP contribution in [0.1, 0.15) is 91.9 Å². The third kappa shape index (κ3) is 7.39. The number of benzene rings is 1. The van der Waals surface area contributed by atoms with E-state index in [1.165, 1.54) is 25.4 Å². The molecule has 1 amide bonds. The SMILES string of the molecule is COC(=O)c1cc(Oc2ncc(Cc3ccccn3)cc2C(F)(F)F)ccc1N(C(=O)C1CCC(C)CC1)C1CCCCC1. The van der Waals surface area contributed by atoms with E-state index in [0.29, 0.717) is 22.9 Å². The number of amides is 1. The van der Waals surface area contributed by atoms with Crippen molar-refractivity contribution in [3.63, 3.8) is 0 Å². The minimum Gasteiger partial charge on any atom is -0.465 e. The standard InChI is InChI=1S/C34H38F3N3O4/c1-22-11-13-24(14-12-22)32(41)40(26-9-4-3-5-10-26)30-16-15-27(20-28(30)33(42)43-2)44-31-29(34(35,36)37)19-23(21-39-31)18-25-8-6-7-17-38-25/h6-8,15-17,19-22,24,26H,3-5,9-14,18H2,1-2H3. The lowest BCUT2D eigenvalue weighted by Crippen LogP contribution is -2.46. The molecule has 44 heavy (non-hydrogen) atoms. The van der Waals surface area contributed by atoms with Crippen molar-refractivity contribution in [1.29, 1.82) is 0 Å². The van der Waals surface area contributed by atoms with Crippen LogP contribution in [-0.2, 0) is 22.1 Å². The number of nitrogens with zero attached hydrogens (tertiary/aromatic N) is 3. The minimum absolute atomic E-state index is 0.00728. The molecule has 0 saturated heterocycles. The van der Waals surface area contributed by atoms with Gasteiger partial charge in [-0.15, -0.1) is 0 Å². The van der Waals surface area contributed by atoms with Crippen molar-refractivity contribution in [2.24, 2.45) is 11.8 Å². The summed E-state index contributed by atoms with van der Waals surface area (Å²) >= 11 is 0. The van der Waals surface area contributed by atoms with Crippen LogP contribution >= 0.6 is 0 Å². The van der Waals surface area contributed by atoms with Crippen LogP contribution in [0.15, 0.2) is 54.9 Å². The fourth-order valence-corrected chi connectivity index (χ4v) is 6.30. The first-order chi connectivity index (χ1) is 21.1. The number of anilines is 1. The largest absolute Gasteiger partial charge is 0.465 e. The Balaban J connectivity index is 1.48. The highest BCUT2D eigenvalue weighted by Gasteiger charge is 2.37. The average molecular weight is 610 g/mol. The zero-order valence-corrected chi connectivity index (χ0v) is 25.1. The van der Waals surface area contributed by atoms with Crippen LogP contribution in [0, 0.1) is 11.8 Å². The highest BCUT2D eigenvalue weighted by atomic mass is 19.4. The van der Waals surface area contributed by atoms with Crippen LogP contribution in [0.4, 0.5) is 18.9 Å². The quantitative estimate of drug-likeness (QED) is 0.240. The summed E-state index contributed by atoms with van der Waals surface area (Å²) in [6.45, 7) is 2.20. The van der Waals surface area contributed by atoms with Crippen molar-refractivity contribution in [2.75, 3.05) is 12.0 Å². The van der Waals surface area contributed by atoms with Crippen molar-refractivity contribution in [3.05, 3.63) is 77.2 Å². The molecule has 0 spiro atoms. The number of ether oxygens (including phenoxy) is 2. The maximum atomic E-state index is 14.1. The Morgan fingerprint density at radius 2 is 1.70 bits per heavy atom. The number of aromatic nitrogens is 2. The molecule has 2 aliphatic carbocycles. The van der Waals surface area contributed by atoms with Gasteiger partial charge >= 0.3 is 12.1 Å². The normalized spacial score (nSPS) is 19.3. The predicted octanol–water partition coefficient (Wildman–Crippen LogP) is 8.16. The number of halogens is 3. The van der Waals surface area contributed by atoms with E-state index >= 15 is 0 Å².